The van der Waals surface area contributed by atoms with Gasteiger partial charge in [-0.05, 0) is 31.4 Å². The summed E-state index contributed by atoms with van der Waals surface area (Å²) in [6.45, 7) is 2.13. The Morgan fingerprint density at radius 1 is 1.00 bits per heavy atom. The summed E-state index contributed by atoms with van der Waals surface area (Å²) < 4.78 is 30.8. The van der Waals surface area contributed by atoms with Gasteiger partial charge in [0.1, 0.15) is 12.4 Å². The lowest BCUT2D eigenvalue weighted by Gasteiger charge is -2.18. The van der Waals surface area contributed by atoms with Crippen molar-refractivity contribution in [3.63, 3.8) is 0 Å². The Morgan fingerprint density at radius 2 is 1.64 bits per heavy atom. The van der Waals surface area contributed by atoms with Crippen LogP contribution in [0.1, 0.15) is 58.3 Å². The van der Waals surface area contributed by atoms with Crippen LogP contribution in [0.2, 0.25) is 0 Å². The van der Waals surface area contributed by atoms with Crippen molar-refractivity contribution in [3.8, 4) is 5.75 Å². The number of halogens is 2. The summed E-state index contributed by atoms with van der Waals surface area (Å²) in [6, 6.07) is 4.91. The lowest BCUT2D eigenvalue weighted by molar-refractivity contribution is 0.0817. The van der Waals surface area contributed by atoms with Crippen molar-refractivity contribution in [2.45, 2.75) is 69.6 Å². The molecular formula is C18H29F2NO2S2. The summed E-state index contributed by atoms with van der Waals surface area (Å²) in [5.41, 5.74) is 0.597. The first-order valence-electron chi connectivity index (χ1n) is 8.90. The molecule has 7 heteroatoms. The van der Waals surface area contributed by atoms with E-state index in [1.807, 2.05) is 0 Å². The van der Waals surface area contributed by atoms with Crippen LogP contribution < -0.4 is 9.21 Å². The molecule has 0 spiro atoms. The Kier molecular flexibility index (Phi) is 12.1. The number of benzene rings is 1. The zero-order valence-electron chi connectivity index (χ0n) is 14.8. The van der Waals surface area contributed by atoms with Crippen molar-refractivity contribution in [1.29, 1.82) is 0 Å². The number of hydrogen-bond donors (Lipinski definition) is 2. The van der Waals surface area contributed by atoms with E-state index in [1.165, 1.54) is 43.0 Å². The van der Waals surface area contributed by atoms with E-state index >= 15 is 0 Å². The maximum absolute atomic E-state index is 12.2. The summed E-state index contributed by atoms with van der Waals surface area (Å²) in [5, 5.41) is 0. The highest BCUT2D eigenvalue weighted by Crippen LogP contribution is 2.27. The molecule has 0 aromatic heterocycles. The SMILES string of the molecule is CCCCCCCCCCON(S)c1cc(S)cc(OCC(F)F)c1. The van der Waals surface area contributed by atoms with Gasteiger partial charge < -0.3 is 4.74 Å². The minimum atomic E-state index is -2.52. The molecule has 0 N–H and O–H groups in total. The summed E-state index contributed by atoms with van der Waals surface area (Å²) in [5.74, 6) is 0.317. The Labute approximate surface area is 161 Å². The van der Waals surface area contributed by atoms with Gasteiger partial charge in [0.2, 0.25) is 0 Å². The van der Waals surface area contributed by atoms with Crippen LogP contribution in [-0.4, -0.2) is 19.6 Å². The first-order valence-corrected chi connectivity index (χ1v) is 9.74. The lowest BCUT2D eigenvalue weighted by atomic mass is 10.1. The van der Waals surface area contributed by atoms with E-state index in [2.05, 4.69) is 32.4 Å². The van der Waals surface area contributed by atoms with E-state index in [9.17, 15) is 8.78 Å². The van der Waals surface area contributed by atoms with Crippen molar-refractivity contribution >= 4 is 31.1 Å². The van der Waals surface area contributed by atoms with E-state index in [-0.39, 0.29) is 0 Å². The summed E-state index contributed by atoms with van der Waals surface area (Å²) in [7, 11) is 0. The molecule has 0 unspecified atom stereocenters. The second-order valence-electron chi connectivity index (χ2n) is 5.97. The van der Waals surface area contributed by atoms with Crippen molar-refractivity contribution in [1.82, 2.24) is 0 Å². The van der Waals surface area contributed by atoms with E-state index in [0.717, 1.165) is 12.8 Å². The molecule has 0 aliphatic carbocycles. The number of ether oxygens (including phenoxy) is 1. The monoisotopic (exact) mass is 393 g/mol. The van der Waals surface area contributed by atoms with Crippen LogP contribution >= 0.6 is 25.4 Å². The molecule has 0 heterocycles. The van der Waals surface area contributed by atoms with Gasteiger partial charge in [0.05, 0.1) is 12.3 Å². The van der Waals surface area contributed by atoms with Crippen molar-refractivity contribution in [3.05, 3.63) is 18.2 Å². The lowest BCUT2D eigenvalue weighted by Crippen LogP contribution is -2.13. The van der Waals surface area contributed by atoms with Crippen molar-refractivity contribution in [2.24, 2.45) is 0 Å². The van der Waals surface area contributed by atoms with Crippen molar-refractivity contribution < 1.29 is 18.4 Å². The quantitative estimate of drug-likeness (QED) is 0.219. The van der Waals surface area contributed by atoms with Crippen LogP contribution in [0, 0.1) is 0 Å². The Hall–Kier alpha value is -0.660. The highest BCUT2D eigenvalue weighted by Gasteiger charge is 2.09. The molecule has 1 aromatic rings. The molecule has 0 fully saturated rings. The van der Waals surface area contributed by atoms with Gasteiger partial charge in [-0.1, -0.05) is 51.9 Å². The summed E-state index contributed by atoms with van der Waals surface area (Å²) >= 11 is 8.53. The second-order valence-corrected chi connectivity index (χ2v) is 6.85. The summed E-state index contributed by atoms with van der Waals surface area (Å²) in [4.78, 5) is 6.16. The first-order chi connectivity index (χ1) is 12.0. The van der Waals surface area contributed by atoms with E-state index in [4.69, 9.17) is 9.57 Å². The number of rotatable bonds is 14. The highest BCUT2D eigenvalue weighted by atomic mass is 32.1. The molecule has 25 heavy (non-hydrogen) atoms. The maximum atomic E-state index is 12.2. The number of hydrogen-bond acceptors (Lipinski definition) is 5. The van der Waals surface area contributed by atoms with Gasteiger partial charge in [0.25, 0.3) is 6.43 Å². The molecule has 0 saturated carbocycles. The smallest absolute Gasteiger partial charge is 0.272 e. The van der Waals surface area contributed by atoms with Gasteiger partial charge in [-0.3, -0.25) is 4.84 Å². The Bertz CT molecular complexity index is 478. The van der Waals surface area contributed by atoms with Crippen LogP contribution in [0.5, 0.6) is 5.75 Å². The van der Waals surface area contributed by atoms with E-state index in [1.54, 1.807) is 18.2 Å². The van der Waals surface area contributed by atoms with Crippen LogP contribution in [0.4, 0.5) is 14.5 Å². The molecule has 0 amide bonds. The summed E-state index contributed by atoms with van der Waals surface area (Å²) in [6.07, 6.45) is 7.30. The predicted molar refractivity (Wildman–Crippen MR) is 105 cm³/mol. The third-order valence-corrected chi connectivity index (χ3v) is 4.29. The number of anilines is 1. The Morgan fingerprint density at radius 3 is 2.28 bits per heavy atom. The fourth-order valence-corrected chi connectivity index (χ4v) is 2.84. The molecule has 3 nitrogen and oxygen atoms in total. The van der Waals surface area contributed by atoms with Crippen LogP contribution in [0.25, 0.3) is 0 Å². The number of thiol groups is 2. The van der Waals surface area contributed by atoms with Gasteiger partial charge >= 0.3 is 0 Å². The zero-order chi connectivity index (χ0) is 18.5. The number of nitrogens with zero attached hydrogens (tertiary/aromatic N) is 1. The molecule has 1 rings (SSSR count). The van der Waals surface area contributed by atoms with Crippen molar-refractivity contribution in [2.75, 3.05) is 17.7 Å². The number of unbranched alkanes of at least 4 members (excludes halogenated alkanes) is 7. The average Bonchev–Trinajstić information content (AvgIpc) is 2.58. The fraction of sp³-hybridized carbons (Fsp3) is 0.667. The third-order valence-electron chi connectivity index (χ3n) is 3.68. The molecule has 1 aromatic carbocycles. The molecule has 0 atom stereocenters. The zero-order valence-corrected chi connectivity index (χ0v) is 16.6. The third kappa shape index (κ3) is 10.8. The first kappa shape index (κ1) is 22.4. The van der Waals surface area contributed by atoms with Crippen LogP contribution in [0.15, 0.2) is 23.1 Å². The maximum Gasteiger partial charge on any atom is 0.272 e. The van der Waals surface area contributed by atoms with Gasteiger partial charge in [-0.2, -0.15) is 4.47 Å². The van der Waals surface area contributed by atoms with E-state index < -0.39 is 13.0 Å². The molecular weight excluding hydrogens is 364 g/mol. The molecule has 0 radical (unpaired) electrons. The topological polar surface area (TPSA) is 21.7 Å². The van der Waals surface area contributed by atoms with Gasteiger partial charge in [-0.15, -0.1) is 12.6 Å². The predicted octanol–water partition coefficient (Wildman–Crippen LogP) is 6.34. The largest absolute Gasteiger partial charge is 0.488 e. The average molecular weight is 394 g/mol. The van der Waals surface area contributed by atoms with Gasteiger partial charge in [-0.25, -0.2) is 8.78 Å². The normalized spacial score (nSPS) is 11.1. The highest BCUT2D eigenvalue weighted by molar-refractivity contribution is 7.81. The molecule has 0 saturated heterocycles. The molecule has 0 aliphatic rings. The van der Waals surface area contributed by atoms with Crippen LogP contribution in [-0.2, 0) is 4.84 Å². The fourth-order valence-electron chi connectivity index (χ4n) is 2.38. The van der Waals surface area contributed by atoms with Crippen LogP contribution in [0.3, 0.4) is 0 Å². The minimum Gasteiger partial charge on any atom is -0.488 e. The van der Waals surface area contributed by atoms with Gasteiger partial charge in [0, 0.05) is 11.0 Å². The molecule has 0 bridgehead atoms. The minimum absolute atomic E-state index is 0.317. The second kappa shape index (κ2) is 13.5. The molecule has 144 valence electrons. The molecule has 0 aliphatic heterocycles. The standard InChI is InChI=1S/C18H29F2NO2S2/c1-2-3-4-5-6-7-8-9-10-23-21(25)15-11-16(13-17(24)12-15)22-14-18(19)20/h11-13,18,24-25H,2-10,14H2,1H3. The Balaban J connectivity index is 2.26. The number of alkyl halides is 2. The van der Waals surface area contributed by atoms with Gasteiger partial charge in [0.15, 0.2) is 0 Å². The van der Waals surface area contributed by atoms with E-state index in [0.29, 0.717) is 22.9 Å².